The van der Waals surface area contributed by atoms with Gasteiger partial charge in [-0.2, -0.15) is 11.3 Å². The first kappa shape index (κ1) is 20.7. The molecular formula is C22H26N4O2S. The van der Waals surface area contributed by atoms with E-state index in [0.29, 0.717) is 18.2 Å². The van der Waals surface area contributed by atoms with Crippen LogP contribution in [0.1, 0.15) is 41.4 Å². The molecule has 0 radical (unpaired) electrons. The second kappa shape index (κ2) is 10.5. The average molecular weight is 411 g/mol. The van der Waals surface area contributed by atoms with E-state index in [0.717, 1.165) is 24.6 Å². The zero-order valence-corrected chi connectivity index (χ0v) is 17.5. The predicted molar refractivity (Wildman–Crippen MR) is 119 cm³/mol. The number of carbonyl (C=O) groups excluding carboxylic acids is 1. The SMILES string of the molecule is CCNC(=NCc1cccc(NC(=O)c2ccco2)c1)NCC(C)c1ccsc1. The second-order valence-electron chi connectivity index (χ2n) is 6.67. The third kappa shape index (κ3) is 6.22. The van der Waals surface area contributed by atoms with Crippen LogP contribution in [-0.4, -0.2) is 25.0 Å². The van der Waals surface area contributed by atoms with Gasteiger partial charge in [0.05, 0.1) is 12.8 Å². The van der Waals surface area contributed by atoms with Gasteiger partial charge in [0.2, 0.25) is 0 Å². The van der Waals surface area contributed by atoms with E-state index < -0.39 is 0 Å². The number of thiophene rings is 1. The zero-order chi connectivity index (χ0) is 20.5. The summed E-state index contributed by atoms with van der Waals surface area (Å²) in [6.07, 6.45) is 1.48. The summed E-state index contributed by atoms with van der Waals surface area (Å²) >= 11 is 1.72. The summed E-state index contributed by atoms with van der Waals surface area (Å²) in [6.45, 7) is 6.35. The first-order chi connectivity index (χ1) is 14.2. The normalized spacial score (nSPS) is 12.4. The number of nitrogens with one attached hydrogen (secondary N) is 3. The molecule has 7 heteroatoms. The number of amides is 1. The number of guanidine groups is 1. The first-order valence-corrected chi connectivity index (χ1v) is 10.6. The molecule has 0 aliphatic heterocycles. The standard InChI is InChI=1S/C22H26N4O2S/c1-3-23-22(24-13-16(2)18-9-11-29-15-18)25-14-17-6-4-7-19(12-17)26-21(27)20-8-5-10-28-20/h4-12,15-16H,3,13-14H2,1-2H3,(H,26,27)(H2,23,24,25). The van der Waals surface area contributed by atoms with Gasteiger partial charge in [0.25, 0.3) is 5.91 Å². The van der Waals surface area contributed by atoms with Crippen molar-refractivity contribution in [2.45, 2.75) is 26.3 Å². The number of benzene rings is 1. The van der Waals surface area contributed by atoms with Crippen LogP contribution in [-0.2, 0) is 6.54 Å². The molecule has 0 spiro atoms. The van der Waals surface area contributed by atoms with Gasteiger partial charge in [-0.3, -0.25) is 4.79 Å². The summed E-state index contributed by atoms with van der Waals surface area (Å²) in [5.74, 6) is 1.20. The van der Waals surface area contributed by atoms with Crippen LogP contribution >= 0.6 is 11.3 Å². The highest BCUT2D eigenvalue weighted by atomic mass is 32.1. The van der Waals surface area contributed by atoms with E-state index in [4.69, 9.17) is 4.42 Å². The van der Waals surface area contributed by atoms with Crippen LogP contribution in [0.2, 0.25) is 0 Å². The zero-order valence-electron chi connectivity index (χ0n) is 16.6. The minimum Gasteiger partial charge on any atom is -0.459 e. The van der Waals surface area contributed by atoms with Crippen molar-refractivity contribution >= 4 is 28.9 Å². The van der Waals surface area contributed by atoms with E-state index in [9.17, 15) is 4.79 Å². The predicted octanol–water partition coefficient (Wildman–Crippen LogP) is 4.45. The number of hydrogen-bond donors (Lipinski definition) is 3. The molecule has 0 bridgehead atoms. The molecule has 2 aromatic heterocycles. The number of rotatable bonds is 8. The van der Waals surface area contributed by atoms with Crippen LogP contribution in [0, 0.1) is 0 Å². The molecule has 3 rings (SSSR count). The molecule has 1 aromatic carbocycles. The van der Waals surface area contributed by atoms with Crippen molar-refractivity contribution in [1.29, 1.82) is 0 Å². The van der Waals surface area contributed by atoms with Gasteiger partial charge in [0, 0.05) is 18.8 Å². The quantitative estimate of drug-likeness (QED) is 0.379. The van der Waals surface area contributed by atoms with Gasteiger partial charge in [-0.1, -0.05) is 19.1 Å². The Kier molecular flexibility index (Phi) is 7.47. The maximum atomic E-state index is 12.1. The maximum absolute atomic E-state index is 12.1. The van der Waals surface area contributed by atoms with Gasteiger partial charge in [0.15, 0.2) is 11.7 Å². The van der Waals surface area contributed by atoms with Crippen molar-refractivity contribution in [3.63, 3.8) is 0 Å². The molecule has 0 fully saturated rings. The molecule has 3 aromatic rings. The van der Waals surface area contributed by atoms with Gasteiger partial charge in [-0.15, -0.1) is 0 Å². The van der Waals surface area contributed by atoms with E-state index in [-0.39, 0.29) is 11.7 Å². The lowest BCUT2D eigenvalue weighted by atomic mass is 10.1. The Labute approximate surface area is 175 Å². The molecule has 1 atom stereocenters. The fourth-order valence-electron chi connectivity index (χ4n) is 2.78. The molecule has 1 unspecified atom stereocenters. The molecule has 1 amide bonds. The minimum atomic E-state index is -0.270. The number of hydrogen-bond acceptors (Lipinski definition) is 4. The van der Waals surface area contributed by atoms with Gasteiger partial charge >= 0.3 is 0 Å². The number of carbonyl (C=O) groups is 1. The van der Waals surface area contributed by atoms with Crippen LogP contribution in [0.3, 0.4) is 0 Å². The third-order valence-electron chi connectivity index (χ3n) is 4.38. The maximum Gasteiger partial charge on any atom is 0.291 e. The molecule has 0 aliphatic rings. The number of anilines is 1. The van der Waals surface area contributed by atoms with E-state index in [1.165, 1.54) is 11.8 Å². The van der Waals surface area contributed by atoms with E-state index in [2.05, 4.69) is 44.7 Å². The second-order valence-corrected chi connectivity index (χ2v) is 7.45. The van der Waals surface area contributed by atoms with Gasteiger partial charge in [0.1, 0.15) is 0 Å². The summed E-state index contributed by atoms with van der Waals surface area (Å²) in [6, 6.07) is 13.1. The van der Waals surface area contributed by atoms with Crippen molar-refractivity contribution < 1.29 is 9.21 Å². The Balaban J connectivity index is 1.59. The molecular weight excluding hydrogens is 384 g/mol. The summed E-state index contributed by atoms with van der Waals surface area (Å²) in [7, 11) is 0. The van der Waals surface area contributed by atoms with Gasteiger partial charge in [-0.25, -0.2) is 4.99 Å². The monoisotopic (exact) mass is 410 g/mol. The Morgan fingerprint density at radius 3 is 2.83 bits per heavy atom. The minimum absolute atomic E-state index is 0.270. The van der Waals surface area contributed by atoms with Crippen molar-refractivity contribution in [2.75, 3.05) is 18.4 Å². The number of aliphatic imine (C=N–C) groups is 1. The van der Waals surface area contributed by atoms with Crippen molar-refractivity contribution in [3.8, 4) is 0 Å². The summed E-state index contributed by atoms with van der Waals surface area (Å²) in [5.41, 5.74) is 3.05. The fraction of sp³-hybridized carbons (Fsp3) is 0.273. The Morgan fingerprint density at radius 1 is 1.21 bits per heavy atom. The Morgan fingerprint density at radius 2 is 2.10 bits per heavy atom. The van der Waals surface area contributed by atoms with Gasteiger partial charge < -0.3 is 20.4 Å². The van der Waals surface area contributed by atoms with E-state index in [1.807, 2.05) is 31.2 Å². The molecule has 29 heavy (non-hydrogen) atoms. The number of furan rings is 1. The summed E-state index contributed by atoms with van der Waals surface area (Å²) in [4.78, 5) is 16.8. The highest BCUT2D eigenvalue weighted by molar-refractivity contribution is 7.07. The first-order valence-electron chi connectivity index (χ1n) is 9.63. The lowest BCUT2D eigenvalue weighted by Gasteiger charge is -2.15. The molecule has 2 heterocycles. The third-order valence-corrected chi connectivity index (χ3v) is 5.08. The van der Waals surface area contributed by atoms with Crippen molar-refractivity contribution in [1.82, 2.24) is 10.6 Å². The fourth-order valence-corrected chi connectivity index (χ4v) is 3.57. The lowest BCUT2D eigenvalue weighted by molar-refractivity contribution is 0.0996. The Hall–Kier alpha value is -3.06. The molecule has 6 nitrogen and oxygen atoms in total. The van der Waals surface area contributed by atoms with Crippen LogP contribution in [0.25, 0.3) is 0 Å². The average Bonchev–Trinajstić information content (AvgIpc) is 3.44. The molecule has 0 saturated heterocycles. The molecule has 3 N–H and O–H groups in total. The smallest absolute Gasteiger partial charge is 0.291 e. The van der Waals surface area contributed by atoms with Crippen LogP contribution < -0.4 is 16.0 Å². The highest BCUT2D eigenvalue weighted by Gasteiger charge is 2.09. The van der Waals surface area contributed by atoms with E-state index >= 15 is 0 Å². The molecule has 0 aliphatic carbocycles. The van der Waals surface area contributed by atoms with Crippen LogP contribution in [0.15, 0.2) is 68.9 Å². The lowest BCUT2D eigenvalue weighted by Crippen LogP contribution is -2.39. The van der Waals surface area contributed by atoms with Crippen molar-refractivity contribution in [2.24, 2.45) is 4.99 Å². The molecule has 152 valence electrons. The largest absolute Gasteiger partial charge is 0.459 e. The van der Waals surface area contributed by atoms with Crippen LogP contribution in [0.4, 0.5) is 5.69 Å². The van der Waals surface area contributed by atoms with Crippen LogP contribution in [0.5, 0.6) is 0 Å². The van der Waals surface area contributed by atoms with Gasteiger partial charge in [-0.05, 0) is 65.1 Å². The van der Waals surface area contributed by atoms with Crippen molar-refractivity contribution in [3.05, 3.63) is 76.4 Å². The topological polar surface area (TPSA) is 78.7 Å². The summed E-state index contributed by atoms with van der Waals surface area (Å²) in [5, 5.41) is 13.8. The Bertz CT molecular complexity index is 920. The van der Waals surface area contributed by atoms with E-state index in [1.54, 1.807) is 23.5 Å². The highest BCUT2D eigenvalue weighted by Crippen LogP contribution is 2.17. The summed E-state index contributed by atoms with van der Waals surface area (Å²) < 4.78 is 5.13. The molecule has 0 saturated carbocycles. The number of nitrogens with zero attached hydrogens (tertiary/aromatic N) is 1.